The van der Waals surface area contributed by atoms with E-state index in [0.29, 0.717) is 34.4 Å². The number of carbonyl (C=O) groups is 2. The Balaban J connectivity index is 1.41. The minimum absolute atomic E-state index is 0.0493. The lowest BCUT2D eigenvalue weighted by molar-refractivity contribution is -0.170. The number of amides is 1. The third kappa shape index (κ3) is 9.53. The largest absolute Gasteiger partial charge is 0.463 e. The van der Waals surface area contributed by atoms with Crippen LogP contribution < -0.4 is 9.62 Å². The molecule has 0 spiro atoms. The molecule has 47 heavy (non-hydrogen) atoms. The van der Waals surface area contributed by atoms with Gasteiger partial charge >= 0.3 is 5.97 Å². The minimum Gasteiger partial charge on any atom is -0.463 e. The van der Waals surface area contributed by atoms with Crippen LogP contribution in [0.15, 0.2) is 40.8 Å². The number of benzene rings is 2. The highest BCUT2D eigenvalue weighted by atomic mass is 32.2. The predicted octanol–water partition coefficient (Wildman–Crippen LogP) is 5.27. The summed E-state index contributed by atoms with van der Waals surface area (Å²) in [5.74, 6) is -0.579. The van der Waals surface area contributed by atoms with Crippen molar-refractivity contribution < 1.29 is 45.8 Å². The van der Waals surface area contributed by atoms with Crippen molar-refractivity contribution in [1.82, 2.24) is 5.32 Å². The van der Waals surface area contributed by atoms with Crippen molar-refractivity contribution in [2.24, 2.45) is 5.92 Å². The van der Waals surface area contributed by atoms with Gasteiger partial charge in [-0.05, 0) is 74.4 Å². The van der Waals surface area contributed by atoms with Gasteiger partial charge in [0.25, 0.3) is 5.91 Å². The monoisotopic (exact) mass is 676 g/mol. The molecule has 13 heteroatoms. The van der Waals surface area contributed by atoms with Crippen LogP contribution in [0.3, 0.4) is 0 Å². The number of nitrogens with zero attached hydrogens (tertiary/aromatic N) is 1. The molecule has 0 unspecified atom stereocenters. The van der Waals surface area contributed by atoms with Gasteiger partial charge in [0.15, 0.2) is 5.60 Å². The first-order chi connectivity index (χ1) is 22.2. The summed E-state index contributed by atoms with van der Waals surface area (Å²) >= 11 is 0. The van der Waals surface area contributed by atoms with Crippen LogP contribution in [-0.2, 0) is 33.8 Å². The van der Waals surface area contributed by atoms with Crippen molar-refractivity contribution in [2.45, 2.75) is 52.1 Å². The van der Waals surface area contributed by atoms with E-state index in [1.807, 2.05) is 19.9 Å². The molecule has 1 aromatic heterocycles. The molecule has 0 aliphatic heterocycles. The maximum atomic E-state index is 13.6. The van der Waals surface area contributed by atoms with Gasteiger partial charge in [0, 0.05) is 24.1 Å². The van der Waals surface area contributed by atoms with Crippen LogP contribution in [0, 0.1) is 11.7 Å². The highest BCUT2D eigenvalue weighted by Crippen LogP contribution is 2.48. The quantitative estimate of drug-likeness (QED) is 0.141. The molecule has 258 valence electrons. The summed E-state index contributed by atoms with van der Waals surface area (Å²) < 4.78 is 69.4. The molecule has 0 bridgehead atoms. The summed E-state index contributed by atoms with van der Waals surface area (Å²) in [5.41, 5.74) is 1.34. The Labute approximate surface area is 275 Å². The first kappa shape index (κ1) is 36.3. The fourth-order valence-corrected chi connectivity index (χ4v) is 5.93. The maximum Gasteiger partial charge on any atom is 0.337 e. The first-order valence-electron chi connectivity index (χ1n) is 15.8. The van der Waals surface area contributed by atoms with E-state index >= 15 is 0 Å². The number of fused-ring (bicyclic) bond motifs is 1. The zero-order valence-corrected chi connectivity index (χ0v) is 28.7. The molecule has 1 aliphatic rings. The Morgan fingerprint density at radius 1 is 1.04 bits per heavy atom. The number of sulfonamides is 1. The van der Waals surface area contributed by atoms with Crippen LogP contribution in [-0.4, -0.2) is 85.4 Å². The van der Waals surface area contributed by atoms with Crippen LogP contribution in [0.4, 0.5) is 10.1 Å². The van der Waals surface area contributed by atoms with Gasteiger partial charge in [-0.15, -0.1) is 0 Å². The zero-order chi connectivity index (χ0) is 34.4. The van der Waals surface area contributed by atoms with Gasteiger partial charge in [0.2, 0.25) is 10.0 Å². The van der Waals surface area contributed by atoms with E-state index in [4.69, 9.17) is 23.4 Å². The molecule has 3 aromatic rings. The molecular formula is C34H45FN2O9S. The van der Waals surface area contributed by atoms with Gasteiger partial charge in [0.1, 0.15) is 17.2 Å². The average Bonchev–Trinajstić information content (AvgIpc) is 3.79. The standard InChI is InChI=1S/C34H45FN2O9S/c1-22(2)21-44-33(39)34(3,4)45-18-17-43-16-15-42-14-13-37(47(6,40)41)28-20-29-27(19-26(28)23-7-8-23)30(32(38)36-5)31(46-29)24-9-11-25(35)12-10-24/h9-12,19-20,22-23H,7-8,13-18,21H2,1-6H3,(H,36,38). The summed E-state index contributed by atoms with van der Waals surface area (Å²) in [6.07, 6.45) is 2.92. The van der Waals surface area contributed by atoms with Crippen molar-refractivity contribution in [2.75, 3.05) is 63.8 Å². The summed E-state index contributed by atoms with van der Waals surface area (Å²) in [6.45, 7) is 8.60. The van der Waals surface area contributed by atoms with E-state index in [1.54, 1.807) is 19.9 Å². The summed E-state index contributed by atoms with van der Waals surface area (Å²) in [6, 6.07) is 9.14. The molecule has 2 aromatic carbocycles. The molecular weight excluding hydrogens is 631 g/mol. The molecule has 1 fully saturated rings. The minimum atomic E-state index is -3.73. The van der Waals surface area contributed by atoms with Crippen molar-refractivity contribution in [1.29, 1.82) is 0 Å². The van der Waals surface area contributed by atoms with E-state index in [2.05, 4.69) is 5.32 Å². The normalized spacial score (nSPS) is 13.7. The highest BCUT2D eigenvalue weighted by molar-refractivity contribution is 7.92. The number of anilines is 1. The molecule has 11 nitrogen and oxygen atoms in total. The number of nitrogens with one attached hydrogen (secondary N) is 1. The third-order valence-corrected chi connectivity index (χ3v) is 8.80. The van der Waals surface area contributed by atoms with Crippen LogP contribution >= 0.6 is 0 Å². The number of hydrogen-bond acceptors (Lipinski definition) is 9. The lowest BCUT2D eigenvalue weighted by Gasteiger charge is -2.25. The molecule has 0 radical (unpaired) electrons. The summed E-state index contributed by atoms with van der Waals surface area (Å²) in [5, 5.41) is 3.20. The molecule has 1 saturated carbocycles. The topological polar surface area (TPSA) is 134 Å². The Morgan fingerprint density at radius 2 is 1.68 bits per heavy atom. The van der Waals surface area contributed by atoms with Gasteiger partial charge in [-0.1, -0.05) is 13.8 Å². The zero-order valence-electron chi connectivity index (χ0n) is 27.9. The Bertz CT molecular complexity index is 1650. The van der Waals surface area contributed by atoms with Crippen molar-refractivity contribution >= 4 is 38.6 Å². The van der Waals surface area contributed by atoms with Gasteiger partial charge in [0.05, 0.1) is 63.7 Å². The fourth-order valence-electron chi connectivity index (χ4n) is 5.01. The van der Waals surface area contributed by atoms with Gasteiger partial charge in [-0.2, -0.15) is 0 Å². The predicted molar refractivity (Wildman–Crippen MR) is 177 cm³/mol. The number of halogens is 1. The van der Waals surface area contributed by atoms with Gasteiger partial charge in [-0.25, -0.2) is 17.6 Å². The third-order valence-electron chi connectivity index (χ3n) is 7.62. The molecule has 1 heterocycles. The van der Waals surface area contributed by atoms with Crippen LogP contribution in [0.25, 0.3) is 22.3 Å². The number of ether oxygens (including phenoxy) is 4. The lowest BCUT2D eigenvalue weighted by Crippen LogP contribution is -2.38. The molecule has 1 N–H and O–H groups in total. The average molecular weight is 677 g/mol. The summed E-state index contributed by atoms with van der Waals surface area (Å²) in [4.78, 5) is 25.2. The Hall–Kier alpha value is -3.52. The molecule has 1 aliphatic carbocycles. The summed E-state index contributed by atoms with van der Waals surface area (Å²) in [7, 11) is -2.21. The first-order valence-corrected chi connectivity index (χ1v) is 17.6. The smallest absolute Gasteiger partial charge is 0.337 e. The second kappa shape index (κ2) is 15.6. The SMILES string of the molecule is CNC(=O)c1c(-c2ccc(F)cc2)oc2cc(N(CCOCCOCCOC(C)(C)C(=O)OCC(C)C)S(C)(=O)=O)c(C3CC3)cc12. The van der Waals surface area contributed by atoms with Crippen molar-refractivity contribution in [3.05, 3.63) is 53.3 Å². The van der Waals surface area contributed by atoms with Gasteiger partial charge < -0.3 is 28.7 Å². The number of rotatable bonds is 18. The highest BCUT2D eigenvalue weighted by Gasteiger charge is 2.33. The maximum absolute atomic E-state index is 13.6. The second-order valence-corrected chi connectivity index (χ2v) is 14.4. The number of hydrogen-bond donors (Lipinski definition) is 1. The number of carbonyl (C=O) groups excluding carboxylic acids is 2. The molecule has 1 amide bonds. The van der Waals surface area contributed by atoms with Crippen molar-refractivity contribution in [3.8, 4) is 11.3 Å². The molecule has 0 saturated heterocycles. The Morgan fingerprint density at radius 3 is 2.28 bits per heavy atom. The number of esters is 1. The number of furan rings is 1. The second-order valence-electron chi connectivity index (χ2n) is 12.5. The van der Waals surface area contributed by atoms with E-state index in [0.717, 1.165) is 24.7 Å². The van der Waals surface area contributed by atoms with Crippen molar-refractivity contribution in [3.63, 3.8) is 0 Å². The fraction of sp³-hybridized carbons (Fsp3) is 0.529. The lowest BCUT2D eigenvalue weighted by atomic mass is 10.0. The van der Waals surface area contributed by atoms with E-state index in [9.17, 15) is 22.4 Å². The van der Waals surface area contributed by atoms with Crippen LogP contribution in [0.5, 0.6) is 0 Å². The molecule has 0 atom stereocenters. The Kier molecular flexibility index (Phi) is 12.0. The van der Waals surface area contributed by atoms with Gasteiger partial charge in [-0.3, -0.25) is 9.10 Å². The van der Waals surface area contributed by atoms with E-state index < -0.39 is 27.4 Å². The van der Waals surface area contributed by atoms with E-state index in [1.165, 1.54) is 35.6 Å². The van der Waals surface area contributed by atoms with E-state index in [-0.39, 0.29) is 63.1 Å². The van der Waals surface area contributed by atoms with Crippen LogP contribution in [0.1, 0.15) is 62.4 Å². The van der Waals surface area contributed by atoms with Crippen LogP contribution in [0.2, 0.25) is 0 Å². The molecule has 4 rings (SSSR count).